The van der Waals surface area contributed by atoms with Crippen molar-refractivity contribution in [2.75, 3.05) is 19.0 Å². The number of hydrogen-bond acceptors (Lipinski definition) is 8. The van der Waals surface area contributed by atoms with Crippen molar-refractivity contribution in [2.45, 2.75) is 38.6 Å². The van der Waals surface area contributed by atoms with Gasteiger partial charge >= 0.3 is 18.2 Å². The van der Waals surface area contributed by atoms with Crippen molar-refractivity contribution in [2.24, 2.45) is 0 Å². The molecule has 1 amide bonds. The number of alkyl halides is 3. The van der Waals surface area contributed by atoms with Crippen molar-refractivity contribution >= 4 is 23.4 Å². The maximum Gasteiger partial charge on any atom is 0.416 e. The number of alkyl carbamates (subject to hydrolysis) is 1. The van der Waals surface area contributed by atoms with Crippen LogP contribution in [0.1, 0.15) is 32.4 Å². The second-order valence-electron chi connectivity index (χ2n) is 8.60. The number of benzene rings is 2. The molecule has 2 N–H and O–H groups in total. The minimum absolute atomic E-state index is 0.135. The number of amides is 1. The number of esters is 1. The van der Waals surface area contributed by atoms with Gasteiger partial charge in [0, 0.05) is 16.9 Å². The molecule has 0 radical (unpaired) electrons. The van der Waals surface area contributed by atoms with Gasteiger partial charge in [-0.1, -0.05) is 12.1 Å². The van der Waals surface area contributed by atoms with Gasteiger partial charge in [0.1, 0.15) is 5.60 Å². The molecule has 10 nitrogen and oxygen atoms in total. The molecule has 0 bridgehead atoms. The van der Waals surface area contributed by atoms with Gasteiger partial charge in [-0.3, -0.25) is 0 Å². The minimum atomic E-state index is -4.44. The zero-order valence-corrected chi connectivity index (χ0v) is 20.0. The van der Waals surface area contributed by atoms with E-state index in [-0.39, 0.29) is 12.4 Å². The predicted octanol–water partition coefficient (Wildman–Crippen LogP) is 4.34. The molecule has 0 spiro atoms. The number of tetrazole rings is 1. The molecule has 1 unspecified atom stereocenters. The molecule has 192 valence electrons. The van der Waals surface area contributed by atoms with Crippen molar-refractivity contribution in [1.82, 2.24) is 25.5 Å². The summed E-state index contributed by atoms with van der Waals surface area (Å²) in [6.45, 7) is 4.88. The molecule has 0 aliphatic carbocycles. The molecule has 3 rings (SSSR count). The number of halogens is 3. The average molecular weight is 506 g/mol. The number of hydrogen-bond donors (Lipinski definition) is 2. The normalized spacial score (nSPS) is 12.5. The van der Waals surface area contributed by atoms with Crippen molar-refractivity contribution in [3.63, 3.8) is 0 Å². The zero-order valence-electron chi connectivity index (χ0n) is 20.0. The van der Waals surface area contributed by atoms with Crippen molar-refractivity contribution < 1.29 is 32.2 Å². The van der Waals surface area contributed by atoms with Crippen LogP contribution in [0.25, 0.3) is 11.4 Å². The summed E-state index contributed by atoms with van der Waals surface area (Å²) < 4.78 is 48.5. The third-order valence-electron chi connectivity index (χ3n) is 4.68. The average Bonchev–Trinajstić information content (AvgIpc) is 3.27. The fourth-order valence-electron chi connectivity index (χ4n) is 3.04. The van der Waals surface area contributed by atoms with Gasteiger partial charge in [0.2, 0.25) is 5.82 Å². The van der Waals surface area contributed by atoms with Crippen LogP contribution in [0.15, 0.2) is 48.5 Å². The van der Waals surface area contributed by atoms with Crippen molar-refractivity contribution in [3.05, 3.63) is 54.1 Å². The smallest absolute Gasteiger partial charge is 0.416 e. The molecule has 0 aliphatic heterocycles. The van der Waals surface area contributed by atoms with E-state index in [0.29, 0.717) is 16.9 Å². The second kappa shape index (κ2) is 10.6. The summed E-state index contributed by atoms with van der Waals surface area (Å²) in [6, 6.07) is 10.2. The molecule has 13 heteroatoms. The number of anilines is 2. The Kier molecular flexibility index (Phi) is 7.80. The molecule has 0 aliphatic rings. The Hall–Kier alpha value is -4.16. The second-order valence-corrected chi connectivity index (χ2v) is 8.60. The Morgan fingerprint density at radius 2 is 1.72 bits per heavy atom. The zero-order chi connectivity index (χ0) is 26.5. The maximum absolute atomic E-state index is 12.8. The Morgan fingerprint density at radius 3 is 2.33 bits per heavy atom. The van der Waals surface area contributed by atoms with E-state index < -0.39 is 35.4 Å². The van der Waals surface area contributed by atoms with Crippen LogP contribution in [-0.4, -0.2) is 51.5 Å². The number of ether oxygens (including phenoxy) is 2. The first-order chi connectivity index (χ1) is 16.9. The first-order valence-corrected chi connectivity index (χ1v) is 10.8. The minimum Gasteiger partial charge on any atom is -0.467 e. The van der Waals surface area contributed by atoms with E-state index in [1.54, 1.807) is 45.0 Å². The van der Waals surface area contributed by atoms with Crippen molar-refractivity contribution in [1.29, 1.82) is 0 Å². The summed E-state index contributed by atoms with van der Waals surface area (Å²) in [7, 11) is 1.18. The summed E-state index contributed by atoms with van der Waals surface area (Å²) >= 11 is 0. The SMILES string of the molecule is COC(=O)C(CNC(=O)OC(C)(C)C)n1nnc(-c2ccccc2Nc2ccc(C(F)(F)F)cc2)n1. The lowest BCUT2D eigenvalue weighted by Gasteiger charge is -2.20. The highest BCUT2D eigenvalue weighted by Gasteiger charge is 2.30. The number of carbonyl (C=O) groups is 2. The largest absolute Gasteiger partial charge is 0.467 e. The molecular formula is C23H25F3N6O4. The Labute approximate surface area is 204 Å². The molecule has 0 saturated carbocycles. The third kappa shape index (κ3) is 6.93. The standard InChI is InChI=1S/C23H25F3N6O4/c1-22(2,3)36-21(34)27-13-18(20(33)35-4)32-30-19(29-31-32)16-7-5-6-8-17(16)28-15-11-9-14(10-12-15)23(24,25)26/h5-12,18,28H,13H2,1-4H3,(H,27,34). The van der Waals surface area contributed by atoms with Gasteiger partial charge in [-0.25, -0.2) is 9.59 Å². The van der Waals surface area contributed by atoms with E-state index in [2.05, 4.69) is 26.0 Å². The van der Waals surface area contributed by atoms with E-state index in [1.165, 1.54) is 19.2 Å². The van der Waals surface area contributed by atoms with Crippen LogP contribution in [-0.2, 0) is 20.4 Å². The Morgan fingerprint density at radius 1 is 1.06 bits per heavy atom. The summed E-state index contributed by atoms with van der Waals surface area (Å²) in [6.07, 6.45) is -5.17. The Balaban J connectivity index is 1.81. The fraction of sp³-hybridized carbons (Fsp3) is 0.348. The van der Waals surface area contributed by atoms with Crippen LogP contribution >= 0.6 is 0 Å². The lowest BCUT2D eigenvalue weighted by molar-refractivity contribution is -0.145. The van der Waals surface area contributed by atoms with Gasteiger partial charge in [-0.05, 0) is 62.4 Å². The summed E-state index contributed by atoms with van der Waals surface area (Å²) in [4.78, 5) is 25.3. The number of nitrogens with one attached hydrogen (secondary N) is 2. The van der Waals surface area contributed by atoms with Gasteiger partial charge in [0.25, 0.3) is 0 Å². The first-order valence-electron chi connectivity index (χ1n) is 10.8. The number of aromatic nitrogens is 4. The monoisotopic (exact) mass is 506 g/mol. The molecule has 1 atom stereocenters. The molecule has 2 aromatic carbocycles. The third-order valence-corrected chi connectivity index (χ3v) is 4.68. The molecule has 0 fully saturated rings. The lowest BCUT2D eigenvalue weighted by Crippen LogP contribution is -2.39. The molecular weight excluding hydrogens is 481 g/mol. The molecule has 1 heterocycles. The van der Waals surface area contributed by atoms with E-state index in [0.717, 1.165) is 16.9 Å². The maximum atomic E-state index is 12.8. The van der Waals surface area contributed by atoms with Crippen LogP contribution in [0.4, 0.5) is 29.3 Å². The lowest BCUT2D eigenvalue weighted by atomic mass is 10.1. The number of nitrogens with zero attached hydrogens (tertiary/aromatic N) is 4. The highest BCUT2D eigenvalue weighted by atomic mass is 19.4. The highest BCUT2D eigenvalue weighted by molar-refractivity contribution is 5.78. The summed E-state index contributed by atoms with van der Waals surface area (Å²) in [5.74, 6) is -0.581. The van der Waals surface area contributed by atoms with Crippen LogP contribution in [0, 0.1) is 0 Å². The van der Waals surface area contributed by atoms with Crippen molar-refractivity contribution in [3.8, 4) is 11.4 Å². The van der Waals surface area contributed by atoms with E-state index in [9.17, 15) is 22.8 Å². The number of methoxy groups -OCH3 is 1. The van der Waals surface area contributed by atoms with Crippen LogP contribution in [0.3, 0.4) is 0 Å². The van der Waals surface area contributed by atoms with E-state index >= 15 is 0 Å². The molecule has 3 aromatic rings. The van der Waals surface area contributed by atoms with Gasteiger partial charge in [0.15, 0.2) is 6.04 Å². The topological polar surface area (TPSA) is 120 Å². The van der Waals surface area contributed by atoms with E-state index in [1.807, 2.05) is 0 Å². The van der Waals surface area contributed by atoms with Gasteiger partial charge in [-0.2, -0.15) is 13.2 Å². The van der Waals surface area contributed by atoms with Crippen LogP contribution in [0.2, 0.25) is 0 Å². The van der Waals surface area contributed by atoms with Crippen LogP contribution < -0.4 is 10.6 Å². The van der Waals surface area contributed by atoms with Crippen LogP contribution in [0.5, 0.6) is 0 Å². The van der Waals surface area contributed by atoms with Gasteiger partial charge in [0.05, 0.1) is 19.2 Å². The van der Waals surface area contributed by atoms with Gasteiger partial charge in [-0.15, -0.1) is 15.0 Å². The number of rotatable bonds is 7. The first kappa shape index (κ1) is 26.4. The molecule has 36 heavy (non-hydrogen) atoms. The summed E-state index contributed by atoms with van der Waals surface area (Å²) in [5.41, 5.74) is -0.102. The molecule has 0 saturated heterocycles. The van der Waals surface area contributed by atoms with E-state index in [4.69, 9.17) is 9.47 Å². The quantitative estimate of drug-likeness (QED) is 0.454. The molecule has 1 aromatic heterocycles. The highest BCUT2D eigenvalue weighted by Crippen LogP contribution is 2.32. The number of para-hydroxylation sites is 1. The fourth-order valence-corrected chi connectivity index (χ4v) is 3.04. The summed E-state index contributed by atoms with van der Waals surface area (Å²) in [5, 5.41) is 17.7. The number of carbonyl (C=O) groups excluding carboxylic acids is 2. The Bertz CT molecular complexity index is 1210. The van der Waals surface area contributed by atoms with Gasteiger partial charge < -0.3 is 20.1 Å². The predicted molar refractivity (Wildman–Crippen MR) is 123 cm³/mol.